The number of nitrogens with one attached hydrogen (secondary N) is 1. The molecule has 1 aliphatic heterocycles. The van der Waals surface area contributed by atoms with Crippen LogP contribution in [-0.4, -0.2) is 29.0 Å². The fourth-order valence-electron chi connectivity index (χ4n) is 2.82. The number of aromatic nitrogens is 2. The standard InChI is InChI=1S/C18H21BrN4O/c1-12-10-14(6-7-15(12)19)21-17(24)16-11-13(2)20-18(22-16)23-8-4-3-5-9-23/h6-7,10-11H,3-5,8-9H2,1-2H3,(H,21,24). The second-order valence-corrected chi connectivity index (χ2v) is 7.01. The Morgan fingerprint density at radius 1 is 1.12 bits per heavy atom. The molecule has 1 aromatic heterocycles. The van der Waals surface area contributed by atoms with E-state index in [1.807, 2.05) is 32.0 Å². The molecule has 6 heteroatoms. The second kappa shape index (κ2) is 7.30. The molecule has 0 saturated carbocycles. The summed E-state index contributed by atoms with van der Waals surface area (Å²) in [5.41, 5.74) is 3.04. The number of aryl methyl sites for hydroxylation is 2. The molecule has 3 rings (SSSR count). The third-order valence-corrected chi connectivity index (χ3v) is 5.02. The van der Waals surface area contributed by atoms with Gasteiger partial charge in [-0.25, -0.2) is 9.97 Å². The van der Waals surface area contributed by atoms with Crippen molar-refractivity contribution in [2.24, 2.45) is 0 Å². The minimum atomic E-state index is -0.208. The van der Waals surface area contributed by atoms with Crippen LogP contribution in [0, 0.1) is 13.8 Å². The second-order valence-electron chi connectivity index (χ2n) is 6.16. The molecule has 1 fully saturated rings. The quantitative estimate of drug-likeness (QED) is 0.859. The fourth-order valence-corrected chi connectivity index (χ4v) is 3.07. The number of carbonyl (C=O) groups is 1. The Bertz CT molecular complexity index is 757. The van der Waals surface area contributed by atoms with E-state index >= 15 is 0 Å². The maximum atomic E-state index is 12.6. The summed E-state index contributed by atoms with van der Waals surface area (Å²) in [5.74, 6) is 0.451. The van der Waals surface area contributed by atoms with Crippen molar-refractivity contribution in [2.75, 3.05) is 23.3 Å². The summed E-state index contributed by atoms with van der Waals surface area (Å²) in [5, 5.41) is 2.92. The molecule has 126 valence electrons. The minimum absolute atomic E-state index is 0.208. The van der Waals surface area contributed by atoms with Gasteiger partial charge in [0, 0.05) is 28.9 Å². The maximum Gasteiger partial charge on any atom is 0.274 e. The van der Waals surface area contributed by atoms with Crippen molar-refractivity contribution in [2.45, 2.75) is 33.1 Å². The number of nitrogens with zero attached hydrogens (tertiary/aromatic N) is 3. The van der Waals surface area contributed by atoms with Gasteiger partial charge in [0.05, 0.1) is 0 Å². The SMILES string of the molecule is Cc1cc(C(=O)Nc2ccc(Br)c(C)c2)nc(N2CCCCC2)n1. The normalized spacial score (nSPS) is 14.5. The average molecular weight is 389 g/mol. The van der Waals surface area contributed by atoms with Gasteiger partial charge in [0.2, 0.25) is 5.95 Å². The molecule has 0 aliphatic carbocycles. The Balaban J connectivity index is 1.81. The monoisotopic (exact) mass is 388 g/mol. The number of halogens is 1. The van der Waals surface area contributed by atoms with Crippen molar-refractivity contribution in [3.05, 3.63) is 45.7 Å². The van der Waals surface area contributed by atoms with E-state index < -0.39 is 0 Å². The lowest BCUT2D eigenvalue weighted by molar-refractivity contribution is 0.102. The van der Waals surface area contributed by atoms with Crippen molar-refractivity contribution in [1.82, 2.24) is 9.97 Å². The third kappa shape index (κ3) is 3.93. The van der Waals surface area contributed by atoms with Gasteiger partial charge >= 0.3 is 0 Å². The summed E-state index contributed by atoms with van der Waals surface area (Å²) >= 11 is 3.46. The lowest BCUT2D eigenvalue weighted by Crippen LogP contribution is -2.31. The highest BCUT2D eigenvalue weighted by Gasteiger charge is 2.17. The summed E-state index contributed by atoms with van der Waals surface area (Å²) in [6.45, 7) is 5.80. The molecule has 1 aliphatic rings. The van der Waals surface area contributed by atoms with Gasteiger partial charge in [0.1, 0.15) is 5.69 Å². The van der Waals surface area contributed by atoms with Gasteiger partial charge < -0.3 is 10.2 Å². The van der Waals surface area contributed by atoms with E-state index in [0.717, 1.165) is 47.3 Å². The van der Waals surface area contributed by atoms with Gasteiger partial charge in [0.25, 0.3) is 5.91 Å². The van der Waals surface area contributed by atoms with Gasteiger partial charge in [-0.1, -0.05) is 15.9 Å². The zero-order valence-electron chi connectivity index (χ0n) is 14.0. The molecule has 1 saturated heterocycles. The first-order valence-corrected chi connectivity index (χ1v) is 9.00. The van der Waals surface area contributed by atoms with Crippen molar-refractivity contribution in [1.29, 1.82) is 0 Å². The summed E-state index contributed by atoms with van der Waals surface area (Å²) in [7, 11) is 0. The molecule has 24 heavy (non-hydrogen) atoms. The Hall–Kier alpha value is -1.95. The van der Waals surface area contributed by atoms with E-state index in [4.69, 9.17) is 0 Å². The Labute approximate surface area is 150 Å². The molecule has 2 aromatic rings. The Morgan fingerprint density at radius 3 is 2.58 bits per heavy atom. The molecular formula is C18H21BrN4O. The number of benzene rings is 1. The van der Waals surface area contributed by atoms with Crippen molar-refractivity contribution >= 4 is 33.5 Å². The highest BCUT2D eigenvalue weighted by Crippen LogP contribution is 2.21. The lowest BCUT2D eigenvalue weighted by Gasteiger charge is -2.27. The molecule has 1 amide bonds. The maximum absolute atomic E-state index is 12.6. The summed E-state index contributed by atoms with van der Waals surface area (Å²) in [6.07, 6.45) is 3.55. The predicted molar refractivity (Wildman–Crippen MR) is 99.7 cm³/mol. The largest absolute Gasteiger partial charge is 0.341 e. The van der Waals surface area contributed by atoms with E-state index in [9.17, 15) is 4.79 Å². The number of piperidine rings is 1. The zero-order valence-corrected chi connectivity index (χ0v) is 15.6. The smallest absolute Gasteiger partial charge is 0.274 e. The van der Waals surface area contributed by atoms with Crippen LogP contribution in [0.5, 0.6) is 0 Å². The van der Waals surface area contributed by atoms with Crippen LogP contribution < -0.4 is 10.2 Å². The third-order valence-electron chi connectivity index (χ3n) is 4.13. The molecule has 2 heterocycles. The first kappa shape index (κ1) is 16.9. The molecule has 0 bridgehead atoms. The molecule has 0 radical (unpaired) electrons. The highest BCUT2D eigenvalue weighted by atomic mass is 79.9. The van der Waals surface area contributed by atoms with Crippen molar-refractivity contribution in [3.8, 4) is 0 Å². The summed E-state index contributed by atoms with van der Waals surface area (Å²) in [6, 6.07) is 7.46. The molecule has 0 atom stereocenters. The molecule has 5 nitrogen and oxygen atoms in total. The van der Waals surface area contributed by atoms with Crippen LogP contribution in [0.3, 0.4) is 0 Å². The number of hydrogen-bond donors (Lipinski definition) is 1. The Morgan fingerprint density at radius 2 is 1.88 bits per heavy atom. The number of anilines is 2. The first-order valence-electron chi connectivity index (χ1n) is 8.21. The van der Waals surface area contributed by atoms with E-state index in [-0.39, 0.29) is 5.91 Å². The van der Waals surface area contributed by atoms with Crippen molar-refractivity contribution < 1.29 is 4.79 Å². The number of amides is 1. The fraction of sp³-hybridized carbons (Fsp3) is 0.389. The minimum Gasteiger partial charge on any atom is -0.341 e. The van der Waals surface area contributed by atoms with Crippen LogP contribution in [0.4, 0.5) is 11.6 Å². The van der Waals surface area contributed by atoms with Gasteiger partial charge in [-0.3, -0.25) is 4.79 Å². The van der Waals surface area contributed by atoms with Crippen LogP contribution in [0.15, 0.2) is 28.7 Å². The summed E-state index contributed by atoms with van der Waals surface area (Å²) in [4.78, 5) is 23.7. The molecule has 1 N–H and O–H groups in total. The Kier molecular flexibility index (Phi) is 5.14. The molecule has 1 aromatic carbocycles. The molecule has 0 spiro atoms. The first-order chi connectivity index (χ1) is 11.5. The van der Waals surface area contributed by atoms with E-state index in [1.54, 1.807) is 6.07 Å². The van der Waals surface area contributed by atoms with Crippen LogP contribution in [0.2, 0.25) is 0 Å². The predicted octanol–water partition coefficient (Wildman–Crippen LogP) is 4.10. The zero-order chi connectivity index (χ0) is 17.1. The number of hydrogen-bond acceptors (Lipinski definition) is 4. The van der Waals surface area contributed by atoms with Gasteiger partial charge in [-0.2, -0.15) is 0 Å². The van der Waals surface area contributed by atoms with Gasteiger partial charge in [0.15, 0.2) is 0 Å². The lowest BCUT2D eigenvalue weighted by atomic mass is 10.1. The van der Waals surface area contributed by atoms with Crippen LogP contribution in [-0.2, 0) is 0 Å². The van der Waals surface area contributed by atoms with Crippen LogP contribution in [0.25, 0.3) is 0 Å². The summed E-state index contributed by atoms with van der Waals surface area (Å²) < 4.78 is 1.02. The number of carbonyl (C=O) groups excluding carboxylic acids is 1. The van der Waals surface area contributed by atoms with Gasteiger partial charge in [-0.15, -0.1) is 0 Å². The van der Waals surface area contributed by atoms with Crippen molar-refractivity contribution in [3.63, 3.8) is 0 Å². The highest BCUT2D eigenvalue weighted by molar-refractivity contribution is 9.10. The molecule has 0 unspecified atom stereocenters. The van der Waals surface area contributed by atoms with E-state index in [1.165, 1.54) is 6.42 Å². The van der Waals surface area contributed by atoms with Crippen LogP contribution in [0.1, 0.15) is 41.0 Å². The van der Waals surface area contributed by atoms with E-state index in [2.05, 4.69) is 36.1 Å². The number of rotatable bonds is 3. The topological polar surface area (TPSA) is 58.1 Å². The molecular weight excluding hydrogens is 368 g/mol. The van der Waals surface area contributed by atoms with Gasteiger partial charge in [-0.05, 0) is 62.9 Å². The average Bonchev–Trinajstić information content (AvgIpc) is 2.58. The van der Waals surface area contributed by atoms with E-state index in [0.29, 0.717) is 11.6 Å². The van der Waals surface area contributed by atoms with Crippen LogP contribution >= 0.6 is 15.9 Å².